The van der Waals surface area contributed by atoms with Gasteiger partial charge in [0.05, 0.1) is 12.1 Å². The lowest BCUT2D eigenvalue weighted by Crippen LogP contribution is -2.32. The highest BCUT2D eigenvalue weighted by molar-refractivity contribution is 5.83. The van der Waals surface area contributed by atoms with Crippen molar-refractivity contribution in [2.24, 2.45) is 0 Å². The molecule has 0 aliphatic heterocycles. The largest absolute Gasteiger partial charge is 0.283 e. The van der Waals surface area contributed by atoms with E-state index >= 15 is 0 Å². The second-order valence-electron chi connectivity index (χ2n) is 6.25. The molecule has 1 heterocycles. The summed E-state index contributed by atoms with van der Waals surface area (Å²) in [5.74, 6) is 0. The molecular formula is C20H18N4O. The summed E-state index contributed by atoms with van der Waals surface area (Å²) in [7, 11) is 1.97. The van der Waals surface area contributed by atoms with Gasteiger partial charge in [0.1, 0.15) is 5.52 Å². The van der Waals surface area contributed by atoms with Crippen LogP contribution in [0.4, 0.5) is 0 Å². The van der Waals surface area contributed by atoms with E-state index in [0.717, 1.165) is 6.54 Å². The molecule has 0 unspecified atom stereocenters. The molecule has 0 aliphatic carbocycles. The lowest BCUT2D eigenvalue weighted by Gasteiger charge is -2.17. The number of rotatable bonds is 4. The second kappa shape index (κ2) is 6.45. The maximum Gasteiger partial charge on any atom is 0.278 e. The van der Waals surface area contributed by atoms with Gasteiger partial charge in [0.2, 0.25) is 0 Å². The highest BCUT2D eigenvalue weighted by Gasteiger charge is 2.08. The smallest absolute Gasteiger partial charge is 0.278 e. The van der Waals surface area contributed by atoms with Crippen LogP contribution < -0.4 is 5.56 Å². The predicted molar refractivity (Wildman–Crippen MR) is 99.2 cm³/mol. The molecule has 25 heavy (non-hydrogen) atoms. The van der Waals surface area contributed by atoms with E-state index in [1.54, 1.807) is 12.1 Å². The minimum Gasteiger partial charge on any atom is -0.283 e. The van der Waals surface area contributed by atoms with Gasteiger partial charge in [0.25, 0.3) is 5.56 Å². The fourth-order valence-corrected chi connectivity index (χ4v) is 3.04. The van der Waals surface area contributed by atoms with Crippen LogP contribution in [-0.2, 0) is 13.2 Å². The Labute approximate surface area is 145 Å². The van der Waals surface area contributed by atoms with E-state index in [2.05, 4.69) is 45.5 Å². The van der Waals surface area contributed by atoms with Gasteiger partial charge >= 0.3 is 0 Å². The zero-order valence-corrected chi connectivity index (χ0v) is 14.0. The van der Waals surface area contributed by atoms with E-state index in [1.807, 2.05) is 31.3 Å². The fraction of sp³-hybridized carbons (Fsp3) is 0.150. The SMILES string of the molecule is CN(Cc1ccc2ccccc2c1)Cn1nnc2ccccc2c1=O. The molecule has 5 nitrogen and oxygen atoms in total. The number of benzene rings is 3. The van der Waals surface area contributed by atoms with Crippen molar-refractivity contribution < 1.29 is 0 Å². The molecule has 0 saturated heterocycles. The van der Waals surface area contributed by atoms with Crippen LogP contribution in [0.25, 0.3) is 21.7 Å². The van der Waals surface area contributed by atoms with Crippen molar-refractivity contribution in [1.82, 2.24) is 19.9 Å². The maximum absolute atomic E-state index is 12.5. The standard InChI is InChI=1S/C20H18N4O/c1-23(13-15-10-11-16-6-2-3-7-17(16)12-15)14-24-20(25)18-8-4-5-9-19(18)21-22-24/h2-12H,13-14H2,1H3. The summed E-state index contributed by atoms with van der Waals surface area (Å²) in [5.41, 5.74) is 1.71. The molecule has 5 heteroatoms. The first-order valence-corrected chi connectivity index (χ1v) is 8.19. The van der Waals surface area contributed by atoms with E-state index < -0.39 is 0 Å². The predicted octanol–water partition coefficient (Wildman–Crippen LogP) is 3.03. The van der Waals surface area contributed by atoms with Crippen molar-refractivity contribution in [3.8, 4) is 0 Å². The molecule has 0 spiro atoms. The maximum atomic E-state index is 12.5. The summed E-state index contributed by atoms with van der Waals surface area (Å²) in [6.45, 7) is 1.12. The lowest BCUT2D eigenvalue weighted by molar-refractivity contribution is 0.236. The summed E-state index contributed by atoms with van der Waals surface area (Å²) in [6.07, 6.45) is 0. The van der Waals surface area contributed by atoms with Gasteiger partial charge in [0, 0.05) is 6.54 Å². The van der Waals surface area contributed by atoms with Crippen molar-refractivity contribution in [2.75, 3.05) is 7.05 Å². The van der Waals surface area contributed by atoms with Gasteiger partial charge in [0.15, 0.2) is 0 Å². The molecule has 0 bridgehead atoms. The first-order valence-electron chi connectivity index (χ1n) is 8.19. The third kappa shape index (κ3) is 3.14. The number of nitrogens with zero attached hydrogens (tertiary/aromatic N) is 4. The topological polar surface area (TPSA) is 51.0 Å². The quantitative estimate of drug-likeness (QED) is 0.577. The van der Waals surface area contributed by atoms with Gasteiger partial charge < -0.3 is 0 Å². The first-order chi connectivity index (χ1) is 12.2. The van der Waals surface area contributed by atoms with Crippen molar-refractivity contribution in [3.63, 3.8) is 0 Å². The van der Waals surface area contributed by atoms with Crippen molar-refractivity contribution in [1.29, 1.82) is 0 Å². The molecule has 124 valence electrons. The molecule has 0 atom stereocenters. The second-order valence-corrected chi connectivity index (χ2v) is 6.25. The molecule has 3 aromatic carbocycles. The molecule has 0 amide bonds. The van der Waals surface area contributed by atoms with Gasteiger partial charge in [-0.05, 0) is 41.6 Å². The Bertz CT molecular complexity index is 1100. The van der Waals surface area contributed by atoms with E-state index in [-0.39, 0.29) is 5.56 Å². The molecule has 0 radical (unpaired) electrons. The van der Waals surface area contributed by atoms with E-state index in [4.69, 9.17) is 0 Å². The lowest BCUT2D eigenvalue weighted by atomic mass is 10.1. The fourth-order valence-electron chi connectivity index (χ4n) is 3.04. The molecule has 4 aromatic rings. The van der Waals surface area contributed by atoms with Crippen LogP contribution in [0.5, 0.6) is 0 Å². The first kappa shape index (κ1) is 15.5. The average Bonchev–Trinajstić information content (AvgIpc) is 2.64. The van der Waals surface area contributed by atoms with Gasteiger partial charge in [-0.3, -0.25) is 9.69 Å². The third-order valence-corrected chi connectivity index (χ3v) is 4.27. The normalized spacial score (nSPS) is 11.4. The minimum absolute atomic E-state index is 0.115. The average molecular weight is 330 g/mol. The monoisotopic (exact) mass is 330 g/mol. The Hall–Kier alpha value is -3.05. The summed E-state index contributed by atoms with van der Waals surface area (Å²) in [4.78, 5) is 14.6. The van der Waals surface area contributed by atoms with Gasteiger partial charge in [-0.1, -0.05) is 53.7 Å². The van der Waals surface area contributed by atoms with Gasteiger partial charge in [-0.2, -0.15) is 4.68 Å². The van der Waals surface area contributed by atoms with Gasteiger partial charge in [-0.15, -0.1) is 5.10 Å². The summed E-state index contributed by atoms with van der Waals surface area (Å²) < 4.78 is 1.41. The van der Waals surface area contributed by atoms with E-state index in [9.17, 15) is 4.79 Å². The van der Waals surface area contributed by atoms with Crippen LogP contribution in [0.3, 0.4) is 0 Å². The van der Waals surface area contributed by atoms with Crippen molar-refractivity contribution in [2.45, 2.75) is 13.2 Å². The Morgan fingerprint density at radius 2 is 1.72 bits per heavy atom. The zero-order valence-electron chi connectivity index (χ0n) is 14.0. The van der Waals surface area contributed by atoms with Crippen LogP contribution in [0.15, 0.2) is 71.5 Å². The van der Waals surface area contributed by atoms with Crippen LogP contribution in [0.2, 0.25) is 0 Å². The molecule has 1 aromatic heterocycles. The molecule has 0 aliphatic rings. The minimum atomic E-state index is -0.115. The number of hydrogen-bond acceptors (Lipinski definition) is 4. The highest BCUT2D eigenvalue weighted by Crippen LogP contribution is 2.16. The van der Waals surface area contributed by atoms with E-state index in [0.29, 0.717) is 17.6 Å². The molecule has 0 fully saturated rings. The van der Waals surface area contributed by atoms with Crippen LogP contribution in [0.1, 0.15) is 5.56 Å². The van der Waals surface area contributed by atoms with Crippen LogP contribution in [0, 0.1) is 0 Å². The summed E-state index contributed by atoms with van der Waals surface area (Å²) in [6, 6.07) is 22.0. The summed E-state index contributed by atoms with van der Waals surface area (Å²) >= 11 is 0. The highest BCUT2D eigenvalue weighted by atomic mass is 16.1. The van der Waals surface area contributed by atoms with Crippen LogP contribution in [-0.4, -0.2) is 26.9 Å². The van der Waals surface area contributed by atoms with Crippen LogP contribution >= 0.6 is 0 Å². The van der Waals surface area contributed by atoms with E-state index in [1.165, 1.54) is 21.0 Å². The number of fused-ring (bicyclic) bond motifs is 2. The van der Waals surface area contributed by atoms with Crippen molar-refractivity contribution in [3.05, 3.63) is 82.6 Å². The Kier molecular flexibility index (Phi) is 3.99. The zero-order chi connectivity index (χ0) is 17.2. The number of aromatic nitrogens is 3. The molecule has 0 N–H and O–H groups in total. The molecular weight excluding hydrogens is 312 g/mol. The molecule has 0 saturated carbocycles. The molecule has 4 rings (SSSR count). The third-order valence-electron chi connectivity index (χ3n) is 4.27. The van der Waals surface area contributed by atoms with Crippen molar-refractivity contribution >= 4 is 21.7 Å². The number of hydrogen-bond donors (Lipinski definition) is 0. The Morgan fingerprint density at radius 1 is 0.960 bits per heavy atom. The van der Waals surface area contributed by atoms with Gasteiger partial charge in [-0.25, -0.2) is 0 Å². The Morgan fingerprint density at radius 3 is 2.60 bits per heavy atom. The Balaban J connectivity index is 1.56. The summed E-state index contributed by atoms with van der Waals surface area (Å²) in [5, 5.41) is 11.2.